The van der Waals surface area contributed by atoms with E-state index in [4.69, 9.17) is 4.74 Å². The van der Waals surface area contributed by atoms with Crippen LogP contribution in [0.3, 0.4) is 0 Å². The summed E-state index contributed by atoms with van der Waals surface area (Å²) in [4.78, 5) is 2.32. The van der Waals surface area contributed by atoms with Crippen molar-refractivity contribution in [1.82, 2.24) is 0 Å². The van der Waals surface area contributed by atoms with E-state index in [0.29, 0.717) is 5.75 Å². The van der Waals surface area contributed by atoms with Crippen LogP contribution < -0.4 is 9.64 Å². The molecule has 0 spiro atoms. The van der Waals surface area contributed by atoms with Crippen molar-refractivity contribution in [2.45, 2.75) is 18.9 Å². The van der Waals surface area contributed by atoms with Crippen LogP contribution in [0.25, 0.3) is 0 Å². The number of rotatable bonds is 5. The molecule has 1 aliphatic rings. The monoisotopic (exact) mass is 319 g/mol. The van der Waals surface area contributed by atoms with Crippen LogP contribution in [0.4, 0.5) is 14.5 Å². The van der Waals surface area contributed by atoms with Gasteiger partial charge in [0.15, 0.2) is 11.6 Å². The van der Waals surface area contributed by atoms with Gasteiger partial charge in [0, 0.05) is 18.8 Å². The summed E-state index contributed by atoms with van der Waals surface area (Å²) >= 11 is 0. The molecule has 5 heteroatoms. The van der Waals surface area contributed by atoms with Gasteiger partial charge in [0.25, 0.3) is 0 Å². The molecule has 2 aromatic carbocycles. The summed E-state index contributed by atoms with van der Waals surface area (Å²) in [5.41, 5.74) is 1.45. The highest BCUT2D eigenvalue weighted by Gasteiger charge is 2.13. The number of nitrogens with zero attached hydrogens (tertiary/aromatic N) is 1. The van der Waals surface area contributed by atoms with E-state index in [0.717, 1.165) is 30.9 Å². The molecule has 3 rings (SSSR count). The van der Waals surface area contributed by atoms with E-state index in [1.165, 1.54) is 18.9 Å². The third-order valence-electron chi connectivity index (χ3n) is 4.04. The fourth-order valence-corrected chi connectivity index (χ4v) is 2.72. The highest BCUT2D eigenvalue weighted by atomic mass is 19.2. The molecular weight excluding hydrogens is 300 g/mol. The molecule has 122 valence electrons. The van der Waals surface area contributed by atoms with Gasteiger partial charge in [-0.15, -0.1) is 0 Å². The van der Waals surface area contributed by atoms with E-state index < -0.39 is 17.7 Å². The predicted octanol–water partition coefficient (Wildman–Crippen LogP) is 3.68. The van der Waals surface area contributed by atoms with Gasteiger partial charge >= 0.3 is 0 Å². The van der Waals surface area contributed by atoms with E-state index in [1.54, 1.807) is 0 Å². The standard InChI is InChI=1S/C18H19F2NO2/c19-16-8-3-13(11-17(16)20)18(22)12-23-15-6-4-14(5-7-15)21-9-1-2-10-21/h3-8,11,18,22H,1-2,9-10,12H2. The zero-order chi connectivity index (χ0) is 16.2. The van der Waals surface area contributed by atoms with Gasteiger partial charge in [-0.1, -0.05) is 6.07 Å². The van der Waals surface area contributed by atoms with Gasteiger partial charge in [0.05, 0.1) is 0 Å². The molecule has 1 aliphatic heterocycles. The lowest BCUT2D eigenvalue weighted by Gasteiger charge is -2.18. The quantitative estimate of drug-likeness (QED) is 0.912. The molecule has 2 aromatic rings. The second-order valence-corrected chi connectivity index (χ2v) is 5.69. The van der Waals surface area contributed by atoms with Crippen LogP contribution in [0.1, 0.15) is 24.5 Å². The molecule has 1 fully saturated rings. The summed E-state index contributed by atoms with van der Waals surface area (Å²) in [6.07, 6.45) is 1.43. The van der Waals surface area contributed by atoms with Crippen LogP contribution >= 0.6 is 0 Å². The Morgan fingerprint density at radius 1 is 1.00 bits per heavy atom. The van der Waals surface area contributed by atoms with Crippen molar-refractivity contribution < 1.29 is 18.6 Å². The maximum Gasteiger partial charge on any atom is 0.159 e. The predicted molar refractivity (Wildman–Crippen MR) is 84.7 cm³/mol. The Kier molecular flexibility index (Phi) is 4.76. The van der Waals surface area contributed by atoms with Crippen molar-refractivity contribution in [3.05, 3.63) is 59.7 Å². The average Bonchev–Trinajstić information content (AvgIpc) is 3.10. The Labute approximate surface area is 134 Å². The second-order valence-electron chi connectivity index (χ2n) is 5.69. The summed E-state index contributed by atoms with van der Waals surface area (Å²) < 4.78 is 31.6. The van der Waals surface area contributed by atoms with Gasteiger partial charge in [-0.3, -0.25) is 0 Å². The highest BCUT2D eigenvalue weighted by molar-refractivity contribution is 5.49. The van der Waals surface area contributed by atoms with Gasteiger partial charge in [-0.25, -0.2) is 8.78 Å². The molecule has 3 nitrogen and oxygen atoms in total. The fraction of sp³-hybridized carbons (Fsp3) is 0.333. The number of anilines is 1. The Morgan fingerprint density at radius 2 is 1.70 bits per heavy atom. The maximum atomic E-state index is 13.2. The van der Waals surface area contributed by atoms with Crippen LogP contribution in [0.5, 0.6) is 5.75 Å². The van der Waals surface area contributed by atoms with E-state index in [2.05, 4.69) is 4.90 Å². The number of halogens is 2. The molecule has 1 atom stereocenters. The molecular formula is C18H19F2NO2. The van der Waals surface area contributed by atoms with Gasteiger partial charge in [0.1, 0.15) is 18.5 Å². The summed E-state index contributed by atoms with van der Waals surface area (Å²) in [6.45, 7) is 2.14. The summed E-state index contributed by atoms with van der Waals surface area (Å²) in [5.74, 6) is -1.27. The highest BCUT2D eigenvalue weighted by Crippen LogP contribution is 2.24. The van der Waals surface area contributed by atoms with E-state index >= 15 is 0 Å². The Bertz CT molecular complexity index is 655. The van der Waals surface area contributed by atoms with Crippen molar-refractivity contribution in [2.24, 2.45) is 0 Å². The number of benzene rings is 2. The van der Waals surface area contributed by atoms with Crippen molar-refractivity contribution in [3.63, 3.8) is 0 Å². The normalized spacial score (nSPS) is 15.7. The molecule has 0 bridgehead atoms. The third-order valence-corrected chi connectivity index (χ3v) is 4.04. The summed E-state index contributed by atoms with van der Waals surface area (Å²) in [6, 6.07) is 11.0. The molecule has 1 unspecified atom stereocenters. The summed E-state index contributed by atoms with van der Waals surface area (Å²) in [5, 5.41) is 10.0. The van der Waals surface area contributed by atoms with Crippen LogP contribution in [-0.2, 0) is 0 Å². The molecule has 1 N–H and O–H groups in total. The van der Waals surface area contributed by atoms with E-state index in [9.17, 15) is 13.9 Å². The molecule has 23 heavy (non-hydrogen) atoms. The number of hydrogen-bond acceptors (Lipinski definition) is 3. The first-order valence-electron chi connectivity index (χ1n) is 7.74. The largest absolute Gasteiger partial charge is 0.491 e. The first-order chi connectivity index (χ1) is 11.1. The van der Waals surface area contributed by atoms with Crippen molar-refractivity contribution >= 4 is 5.69 Å². The maximum absolute atomic E-state index is 13.2. The average molecular weight is 319 g/mol. The lowest BCUT2D eigenvalue weighted by Crippen LogP contribution is -2.17. The summed E-state index contributed by atoms with van der Waals surface area (Å²) in [7, 11) is 0. The lowest BCUT2D eigenvalue weighted by atomic mass is 10.1. The molecule has 0 amide bonds. The van der Waals surface area contributed by atoms with Gasteiger partial charge in [-0.05, 0) is 54.8 Å². The Morgan fingerprint density at radius 3 is 2.35 bits per heavy atom. The molecule has 0 aliphatic carbocycles. The minimum Gasteiger partial charge on any atom is -0.491 e. The van der Waals surface area contributed by atoms with Gasteiger partial charge in [-0.2, -0.15) is 0 Å². The number of aliphatic hydroxyl groups excluding tert-OH is 1. The van der Waals surface area contributed by atoms with Crippen molar-refractivity contribution in [1.29, 1.82) is 0 Å². The topological polar surface area (TPSA) is 32.7 Å². The Balaban J connectivity index is 1.57. The van der Waals surface area contributed by atoms with Crippen LogP contribution in [0.15, 0.2) is 42.5 Å². The van der Waals surface area contributed by atoms with Crippen LogP contribution in [0.2, 0.25) is 0 Å². The zero-order valence-corrected chi connectivity index (χ0v) is 12.7. The lowest BCUT2D eigenvalue weighted by molar-refractivity contribution is 0.108. The molecule has 0 saturated carbocycles. The van der Waals surface area contributed by atoms with Crippen molar-refractivity contribution in [3.8, 4) is 5.75 Å². The fourth-order valence-electron chi connectivity index (χ4n) is 2.72. The first-order valence-corrected chi connectivity index (χ1v) is 7.74. The van der Waals surface area contributed by atoms with Crippen LogP contribution in [-0.4, -0.2) is 24.8 Å². The smallest absolute Gasteiger partial charge is 0.159 e. The minimum atomic E-state index is -1.01. The third kappa shape index (κ3) is 3.79. The SMILES string of the molecule is OC(COc1ccc(N2CCCC2)cc1)c1ccc(F)c(F)c1. The minimum absolute atomic E-state index is 0.0197. The first kappa shape index (κ1) is 15.7. The van der Waals surface area contributed by atoms with Crippen LogP contribution in [0, 0.1) is 11.6 Å². The number of aliphatic hydroxyl groups is 1. The number of hydrogen-bond donors (Lipinski definition) is 1. The van der Waals surface area contributed by atoms with Gasteiger partial charge < -0.3 is 14.7 Å². The molecule has 1 heterocycles. The van der Waals surface area contributed by atoms with E-state index in [-0.39, 0.29) is 12.2 Å². The molecule has 0 radical (unpaired) electrons. The van der Waals surface area contributed by atoms with Crippen molar-refractivity contribution in [2.75, 3.05) is 24.6 Å². The second kappa shape index (κ2) is 6.96. The van der Waals surface area contributed by atoms with E-state index in [1.807, 2.05) is 24.3 Å². The number of ether oxygens (including phenoxy) is 1. The molecule has 1 saturated heterocycles. The van der Waals surface area contributed by atoms with Gasteiger partial charge in [0.2, 0.25) is 0 Å². The zero-order valence-electron chi connectivity index (χ0n) is 12.7. The Hall–Kier alpha value is -2.14. The molecule has 0 aromatic heterocycles.